The summed E-state index contributed by atoms with van der Waals surface area (Å²) in [6, 6.07) is 18.7. The lowest BCUT2D eigenvalue weighted by molar-refractivity contribution is -0.138. The zero-order valence-electron chi connectivity index (χ0n) is 22.7. The van der Waals surface area contributed by atoms with Crippen LogP contribution in [0.3, 0.4) is 0 Å². The molecule has 198 valence electrons. The second-order valence-electron chi connectivity index (χ2n) is 13.3. The largest absolute Gasteiger partial charge is 0.480 e. The van der Waals surface area contributed by atoms with E-state index in [-0.39, 0.29) is 6.04 Å². The maximum absolute atomic E-state index is 11.2. The first-order chi connectivity index (χ1) is 20.6. The molecule has 4 heteroatoms. The third kappa shape index (κ3) is 1.99. The number of hydrogen-bond donors (Lipinski definition) is 3. The highest BCUT2D eigenvalue weighted by atomic mass is 16.4. The highest BCUT2D eigenvalue weighted by Crippen LogP contribution is 2.63. The second-order valence-corrected chi connectivity index (χ2v) is 13.3. The summed E-state index contributed by atoms with van der Waals surface area (Å²) < 4.78 is 0. The van der Waals surface area contributed by atoms with E-state index >= 15 is 0 Å². The van der Waals surface area contributed by atoms with Crippen molar-refractivity contribution in [3.63, 3.8) is 0 Å². The Hall–Kier alpha value is -4.51. The average molecular weight is 541 g/mol. The molecule has 2 atom stereocenters. The van der Waals surface area contributed by atoms with Crippen LogP contribution in [0.4, 0.5) is 0 Å². The van der Waals surface area contributed by atoms with Crippen molar-refractivity contribution in [3.8, 4) is 0 Å². The Morgan fingerprint density at radius 1 is 0.667 bits per heavy atom. The van der Waals surface area contributed by atoms with Crippen LogP contribution in [-0.4, -0.2) is 23.7 Å². The van der Waals surface area contributed by atoms with Crippen molar-refractivity contribution < 1.29 is 9.90 Å². The van der Waals surface area contributed by atoms with Gasteiger partial charge in [-0.1, -0.05) is 42.8 Å². The summed E-state index contributed by atoms with van der Waals surface area (Å²) in [5, 5.41) is 39.5. The topological polar surface area (TPSA) is 75.3 Å². The number of nitrogens with one attached hydrogen (secondary N) is 1. The molecule has 2 aliphatic carbocycles. The first-order valence-electron chi connectivity index (χ1n) is 15.3. The maximum Gasteiger partial charge on any atom is 0.320 e. The van der Waals surface area contributed by atoms with Gasteiger partial charge in [-0.15, -0.1) is 0 Å². The Bertz CT molecular complexity index is 2790. The fourth-order valence-corrected chi connectivity index (χ4v) is 9.99. The fraction of sp³-hybridized carbons (Fsp3) is 0.184. The summed E-state index contributed by atoms with van der Waals surface area (Å²) in [6.45, 7) is 0.822. The Balaban J connectivity index is 1.23. The molecule has 1 unspecified atom stereocenters. The van der Waals surface area contributed by atoms with Crippen LogP contribution in [0, 0.1) is 0 Å². The van der Waals surface area contributed by atoms with Crippen LogP contribution in [-0.2, 0) is 11.2 Å². The van der Waals surface area contributed by atoms with E-state index < -0.39 is 12.0 Å². The molecule has 0 spiro atoms. The first-order valence-corrected chi connectivity index (χ1v) is 15.3. The molecule has 4 N–H and O–H groups in total. The number of aliphatic carboxylic acids is 1. The lowest BCUT2D eigenvalue weighted by atomic mass is 9.85. The zero-order valence-corrected chi connectivity index (χ0v) is 22.7. The van der Waals surface area contributed by atoms with Crippen LogP contribution in [0.1, 0.15) is 47.6 Å². The minimum atomic E-state index is -0.915. The molecular formula is C38H24N2O2. The van der Waals surface area contributed by atoms with Gasteiger partial charge < -0.3 is 16.2 Å². The van der Waals surface area contributed by atoms with E-state index in [0.29, 0.717) is 6.42 Å². The highest BCUT2D eigenvalue weighted by Gasteiger charge is 2.38. The van der Waals surface area contributed by atoms with Gasteiger partial charge in [0.25, 0.3) is 0 Å². The normalized spacial score (nSPS) is 17.4. The van der Waals surface area contributed by atoms with Crippen LogP contribution < -0.4 is 11.1 Å². The van der Waals surface area contributed by atoms with E-state index in [1.54, 1.807) is 0 Å². The number of unbranched alkanes of at least 4 members (excludes halogenated alkanes) is 1. The van der Waals surface area contributed by atoms with E-state index in [9.17, 15) is 9.90 Å². The molecule has 0 aliphatic heterocycles. The molecule has 0 heterocycles. The van der Waals surface area contributed by atoms with E-state index in [0.717, 1.165) is 25.8 Å². The lowest BCUT2D eigenvalue weighted by Crippen LogP contribution is -2.30. The van der Waals surface area contributed by atoms with Crippen LogP contribution >= 0.6 is 0 Å². The number of carboxylic acids is 1. The predicted octanol–water partition coefficient (Wildman–Crippen LogP) is 8.17. The fourth-order valence-electron chi connectivity index (χ4n) is 9.99. The highest BCUT2D eigenvalue weighted by molar-refractivity contribution is 6.59. The maximum atomic E-state index is 11.2. The number of rotatable bonds is 7. The molecule has 10 aromatic rings. The van der Waals surface area contributed by atoms with Crippen molar-refractivity contribution in [2.75, 3.05) is 6.54 Å². The van der Waals surface area contributed by atoms with Gasteiger partial charge in [0.1, 0.15) is 6.04 Å². The van der Waals surface area contributed by atoms with Gasteiger partial charge in [-0.05, 0) is 157 Å². The number of carboxylic acid groups (broad SMARTS) is 1. The zero-order chi connectivity index (χ0) is 27.3. The SMILES string of the molecule is N[C@@H](CCCCNC1c2ccc3cc4c5c6c(cc7ccc8cc9cc1c1c9c9c8c7c6c9c6c1c2c3c56)C4)C(=O)O. The van der Waals surface area contributed by atoms with Crippen molar-refractivity contribution in [2.45, 2.75) is 37.8 Å². The van der Waals surface area contributed by atoms with Crippen LogP contribution in [0.15, 0.2) is 48.5 Å². The van der Waals surface area contributed by atoms with Gasteiger partial charge in [0.2, 0.25) is 0 Å². The Kier molecular flexibility index (Phi) is 3.25. The molecular weight excluding hydrogens is 516 g/mol. The quantitative estimate of drug-likeness (QED) is 0.141. The third-order valence-corrected chi connectivity index (χ3v) is 11.4. The average Bonchev–Trinajstić information content (AvgIpc) is 3.73. The van der Waals surface area contributed by atoms with Crippen LogP contribution in [0.5, 0.6) is 0 Å². The van der Waals surface area contributed by atoms with Crippen molar-refractivity contribution in [1.29, 1.82) is 0 Å². The van der Waals surface area contributed by atoms with Gasteiger partial charge in [-0.2, -0.15) is 0 Å². The minimum absolute atomic E-state index is 0.105. The van der Waals surface area contributed by atoms with Crippen molar-refractivity contribution in [2.24, 2.45) is 5.73 Å². The Labute approximate surface area is 238 Å². The number of hydrogen-bond acceptors (Lipinski definition) is 3. The van der Waals surface area contributed by atoms with Crippen molar-refractivity contribution in [3.05, 3.63) is 70.8 Å². The number of nitrogens with two attached hydrogens (primary N) is 1. The van der Waals surface area contributed by atoms with Crippen LogP contribution in [0.2, 0.25) is 0 Å². The summed E-state index contributed by atoms with van der Waals surface area (Å²) in [7, 11) is 0. The smallest absolute Gasteiger partial charge is 0.320 e. The summed E-state index contributed by atoms with van der Waals surface area (Å²) in [4.78, 5) is 11.2. The van der Waals surface area contributed by atoms with E-state index in [2.05, 4.69) is 53.8 Å². The molecule has 2 aliphatic rings. The molecule has 0 aromatic heterocycles. The monoisotopic (exact) mass is 540 g/mol. The predicted molar refractivity (Wildman–Crippen MR) is 173 cm³/mol. The lowest BCUT2D eigenvalue weighted by Gasteiger charge is -2.25. The summed E-state index contributed by atoms with van der Waals surface area (Å²) >= 11 is 0. The standard InChI is InChI=1S/C38H24N2O2/c39-22(38(41)42)3-1-2-8-40-37-20-7-6-16-10-18-12-17-9-14-4-5-15-11-19-13-21(37)30-28(19)32-24(15)23(14)31-26(17)27(18)33-25(16)29(20)34(30)36(33)35(31)32/h4-7,9-11,13,22,37,40H,1-3,8,12,39H2,(H,41,42)/t22-,37?/m0/s1. The van der Waals surface area contributed by atoms with Crippen LogP contribution in [0.25, 0.3) is 97.0 Å². The van der Waals surface area contributed by atoms with Gasteiger partial charge in [0.15, 0.2) is 0 Å². The van der Waals surface area contributed by atoms with Gasteiger partial charge >= 0.3 is 5.97 Å². The molecule has 12 rings (SSSR count). The summed E-state index contributed by atoms with van der Waals surface area (Å²) in [6.07, 6.45) is 3.22. The van der Waals surface area contributed by atoms with Gasteiger partial charge in [0.05, 0.1) is 6.04 Å². The molecule has 0 fully saturated rings. The van der Waals surface area contributed by atoms with Crippen molar-refractivity contribution >= 4 is 103 Å². The Morgan fingerprint density at radius 2 is 1.21 bits per heavy atom. The van der Waals surface area contributed by atoms with Gasteiger partial charge in [0, 0.05) is 0 Å². The van der Waals surface area contributed by atoms with E-state index in [1.807, 2.05) is 0 Å². The minimum Gasteiger partial charge on any atom is -0.480 e. The number of carbonyl (C=O) groups is 1. The van der Waals surface area contributed by atoms with Gasteiger partial charge in [-0.25, -0.2) is 0 Å². The summed E-state index contributed by atoms with van der Waals surface area (Å²) in [5.41, 5.74) is 11.6. The molecule has 10 aromatic carbocycles. The first kappa shape index (κ1) is 21.2. The van der Waals surface area contributed by atoms with Crippen molar-refractivity contribution in [1.82, 2.24) is 5.32 Å². The third-order valence-electron chi connectivity index (χ3n) is 11.4. The molecule has 0 amide bonds. The number of benzene rings is 7. The molecule has 42 heavy (non-hydrogen) atoms. The molecule has 0 saturated heterocycles. The molecule has 0 saturated carbocycles. The second kappa shape index (κ2) is 6.44. The molecule has 0 bridgehead atoms. The van der Waals surface area contributed by atoms with E-state index in [4.69, 9.17) is 5.73 Å². The summed E-state index contributed by atoms with van der Waals surface area (Å²) in [5.74, 6) is -0.915. The van der Waals surface area contributed by atoms with E-state index in [1.165, 1.54) is 119 Å². The van der Waals surface area contributed by atoms with Gasteiger partial charge in [-0.3, -0.25) is 4.79 Å². The molecule has 4 nitrogen and oxygen atoms in total. The Morgan fingerprint density at radius 3 is 1.93 bits per heavy atom. The molecule has 0 radical (unpaired) electrons.